The van der Waals surface area contributed by atoms with Gasteiger partial charge in [0.25, 0.3) is 0 Å². The Morgan fingerprint density at radius 3 is 2.78 bits per heavy atom. The Morgan fingerprint density at radius 2 is 2.11 bits per heavy atom. The van der Waals surface area contributed by atoms with Crippen LogP contribution in [0.4, 0.5) is 0 Å². The molecule has 2 rings (SSSR count). The number of ketones is 1. The summed E-state index contributed by atoms with van der Waals surface area (Å²) in [4.78, 5) is 12.5. The lowest BCUT2D eigenvalue weighted by Crippen LogP contribution is -2.51. The highest BCUT2D eigenvalue weighted by atomic mass is 16.5. The van der Waals surface area contributed by atoms with Gasteiger partial charge < -0.3 is 10.1 Å². The number of carbonyl (C=O) groups is 1. The van der Waals surface area contributed by atoms with Gasteiger partial charge in [-0.3, -0.25) is 4.79 Å². The molecule has 1 atom stereocenters. The summed E-state index contributed by atoms with van der Waals surface area (Å²) in [7, 11) is 1.66. The van der Waals surface area contributed by atoms with Crippen LogP contribution in [0, 0.1) is 0 Å². The second kappa shape index (κ2) is 5.53. The summed E-state index contributed by atoms with van der Waals surface area (Å²) in [5, 5.41) is 3.41. The van der Waals surface area contributed by atoms with Gasteiger partial charge in [0.2, 0.25) is 0 Å². The fourth-order valence-corrected chi connectivity index (χ4v) is 2.89. The standard InChI is InChI=1S/C15H21NO2/c1-3-16-15(11-7-6-10-14(15)17)12-8-4-5-9-13(12)18-2/h4-5,8-9,16H,3,6-7,10-11H2,1-2H3/t15-/m1/s1. The van der Waals surface area contributed by atoms with E-state index in [4.69, 9.17) is 4.74 Å². The number of hydrogen-bond donors (Lipinski definition) is 1. The van der Waals surface area contributed by atoms with E-state index >= 15 is 0 Å². The molecule has 1 saturated carbocycles. The summed E-state index contributed by atoms with van der Waals surface area (Å²) < 4.78 is 5.43. The number of carbonyl (C=O) groups excluding carboxylic acids is 1. The molecule has 0 unspecified atom stereocenters. The van der Waals surface area contributed by atoms with E-state index in [9.17, 15) is 4.79 Å². The van der Waals surface area contributed by atoms with E-state index in [1.165, 1.54) is 0 Å². The third-order valence-electron chi connectivity index (χ3n) is 3.73. The summed E-state index contributed by atoms with van der Waals surface area (Å²) in [5.41, 5.74) is 0.443. The molecule has 0 heterocycles. The number of nitrogens with one attached hydrogen (secondary N) is 1. The number of rotatable bonds is 4. The Bertz CT molecular complexity index is 426. The lowest BCUT2D eigenvalue weighted by Gasteiger charge is -2.37. The molecular formula is C15H21NO2. The molecule has 3 nitrogen and oxygen atoms in total. The van der Waals surface area contributed by atoms with E-state index in [2.05, 4.69) is 5.32 Å². The zero-order valence-corrected chi connectivity index (χ0v) is 11.2. The van der Waals surface area contributed by atoms with Gasteiger partial charge in [0.15, 0.2) is 5.78 Å². The smallest absolute Gasteiger partial charge is 0.157 e. The fourth-order valence-electron chi connectivity index (χ4n) is 2.89. The predicted octanol–water partition coefficient (Wildman–Crippen LogP) is 2.64. The molecule has 1 aliphatic carbocycles. The first-order valence-corrected chi connectivity index (χ1v) is 6.66. The summed E-state index contributed by atoms with van der Waals surface area (Å²) in [6, 6.07) is 7.84. The van der Waals surface area contributed by atoms with Crippen LogP contribution in [-0.4, -0.2) is 19.4 Å². The Kier molecular flexibility index (Phi) is 4.02. The van der Waals surface area contributed by atoms with Gasteiger partial charge in [-0.15, -0.1) is 0 Å². The summed E-state index contributed by atoms with van der Waals surface area (Å²) in [6.45, 7) is 2.82. The van der Waals surface area contributed by atoms with Crippen LogP contribution in [0.15, 0.2) is 24.3 Å². The molecule has 0 radical (unpaired) electrons. The fraction of sp³-hybridized carbons (Fsp3) is 0.533. The van der Waals surface area contributed by atoms with Crippen molar-refractivity contribution in [3.63, 3.8) is 0 Å². The molecule has 98 valence electrons. The van der Waals surface area contributed by atoms with Gasteiger partial charge in [-0.2, -0.15) is 0 Å². The number of ether oxygens (including phenoxy) is 1. The maximum atomic E-state index is 12.5. The molecule has 0 bridgehead atoms. The molecule has 1 aromatic carbocycles. The van der Waals surface area contributed by atoms with Crippen molar-refractivity contribution in [2.75, 3.05) is 13.7 Å². The normalized spacial score (nSPS) is 24.0. The molecule has 3 heteroatoms. The molecule has 18 heavy (non-hydrogen) atoms. The van der Waals surface area contributed by atoms with Gasteiger partial charge in [-0.05, 0) is 25.5 Å². The molecule has 0 spiro atoms. The first-order chi connectivity index (χ1) is 8.74. The van der Waals surface area contributed by atoms with Crippen molar-refractivity contribution in [3.05, 3.63) is 29.8 Å². The SMILES string of the molecule is CCN[C@@]1(c2ccccc2OC)CCCCC1=O. The largest absolute Gasteiger partial charge is 0.496 e. The van der Waals surface area contributed by atoms with Crippen molar-refractivity contribution in [1.82, 2.24) is 5.32 Å². The molecule has 1 N–H and O–H groups in total. The highest BCUT2D eigenvalue weighted by Gasteiger charge is 2.42. The first kappa shape index (κ1) is 13.1. The minimum Gasteiger partial charge on any atom is -0.496 e. The van der Waals surface area contributed by atoms with E-state index < -0.39 is 5.54 Å². The molecule has 0 aromatic heterocycles. The van der Waals surface area contributed by atoms with Crippen LogP contribution in [0.25, 0.3) is 0 Å². The minimum absolute atomic E-state index is 0.292. The Labute approximate surface area is 109 Å². The van der Waals surface area contributed by atoms with E-state index in [1.807, 2.05) is 31.2 Å². The number of benzene rings is 1. The maximum absolute atomic E-state index is 12.5. The van der Waals surface area contributed by atoms with Crippen LogP contribution in [0.5, 0.6) is 5.75 Å². The topological polar surface area (TPSA) is 38.3 Å². The Balaban J connectivity index is 2.48. The number of hydrogen-bond acceptors (Lipinski definition) is 3. The van der Waals surface area contributed by atoms with Crippen molar-refractivity contribution < 1.29 is 9.53 Å². The molecular weight excluding hydrogens is 226 g/mol. The van der Waals surface area contributed by atoms with Crippen molar-refractivity contribution >= 4 is 5.78 Å². The Hall–Kier alpha value is -1.35. The molecule has 1 fully saturated rings. The average Bonchev–Trinajstić information content (AvgIpc) is 2.42. The number of para-hydroxylation sites is 1. The summed E-state index contributed by atoms with van der Waals surface area (Å²) in [5.74, 6) is 1.09. The van der Waals surface area contributed by atoms with Crippen molar-refractivity contribution in [3.8, 4) is 5.75 Å². The third-order valence-corrected chi connectivity index (χ3v) is 3.73. The zero-order valence-electron chi connectivity index (χ0n) is 11.2. The van der Waals surface area contributed by atoms with Crippen LogP contribution in [0.3, 0.4) is 0 Å². The lowest BCUT2D eigenvalue weighted by atomic mass is 9.75. The number of likely N-dealkylation sites (N-methyl/N-ethyl adjacent to an activating group) is 1. The monoisotopic (exact) mass is 247 g/mol. The van der Waals surface area contributed by atoms with Crippen LogP contribution in [0.2, 0.25) is 0 Å². The van der Waals surface area contributed by atoms with E-state index in [0.29, 0.717) is 12.2 Å². The Morgan fingerprint density at radius 1 is 1.33 bits per heavy atom. The average molecular weight is 247 g/mol. The highest BCUT2D eigenvalue weighted by Crippen LogP contribution is 2.38. The number of Topliss-reactive ketones (excluding diaryl/α,β-unsaturated/α-hetero) is 1. The second-order valence-electron chi connectivity index (χ2n) is 4.77. The second-order valence-corrected chi connectivity index (χ2v) is 4.77. The van der Waals surface area contributed by atoms with Gasteiger partial charge in [0.05, 0.1) is 7.11 Å². The third kappa shape index (κ3) is 2.15. The number of methoxy groups -OCH3 is 1. The van der Waals surface area contributed by atoms with E-state index in [0.717, 1.165) is 37.1 Å². The van der Waals surface area contributed by atoms with Crippen LogP contribution in [0.1, 0.15) is 38.2 Å². The molecule has 0 saturated heterocycles. The van der Waals surface area contributed by atoms with Gasteiger partial charge >= 0.3 is 0 Å². The van der Waals surface area contributed by atoms with Crippen molar-refractivity contribution in [1.29, 1.82) is 0 Å². The van der Waals surface area contributed by atoms with Crippen molar-refractivity contribution in [2.45, 2.75) is 38.1 Å². The molecule has 1 aliphatic rings. The van der Waals surface area contributed by atoms with E-state index in [1.54, 1.807) is 7.11 Å². The van der Waals surface area contributed by atoms with Crippen LogP contribution >= 0.6 is 0 Å². The lowest BCUT2D eigenvalue weighted by molar-refractivity contribution is -0.128. The van der Waals surface area contributed by atoms with Gasteiger partial charge in [-0.1, -0.05) is 31.5 Å². The first-order valence-electron chi connectivity index (χ1n) is 6.66. The van der Waals surface area contributed by atoms with Gasteiger partial charge in [0.1, 0.15) is 11.3 Å². The summed E-state index contributed by atoms with van der Waals surface area (Å²) in [6.07, 6.45) is 3.60. The molecule has 0 amide bonds. The molecule has 1 aromatic rings. The minimum atomic E-state index is -0.542. The van der Waals surface area contributed by atoms with Gasteiger partial charge in [-0.25, -0.2) is 0 Å². The highest BCUT2D eigenvalue weighted by molar-refractivity contribution is 5.91. The maximum Gasteiger partial charge on any atom is 0.157 e. The quantitative estimate of drug-likeness (QED) is 0.889. The predicted molar refractivity (Wildman–Crippen MR) is 71.8 cm³/mol. The van der Waals surface area contributed by atoms with Crippen molar-refractivity contribution in [2.24, 2.45) is 0 Å². The van der Waals surface area contributed by atoms with Crippen LogP contribution in [-0.2, 0) is 10.3 Å². The zero-order chi connectivity index (χ0) is 13.0. The van der Waals surface area contributed by atoms with Gasteiger partial charge in [0, 0.05) is 12.0 Å². The van der Waals surface area contributed by atoms with Crippen LogP contribution < -0.4 is 10.1 Å². The van der Waals surface area contributed by atoms with E-state index in [-0.39, 0.29) is 0 Å². The molecule has 0 aliphatic heterocycles. The summed E-state index contributed by atoms with van der Waals surface area (Å²) >= 11 is 0.